The fourth-order valence-corrected chi connectivity index (χ4v) is 3.55. The van der Waals surface area contributed by atoms with Gasteiger partial charge in [-0.15, -0.1) is 0 Å². The van der Waals surface area contributed by atoms with Gasteiger partial charge in [-0.1, -0.05) is 39.8 Å². The Balaban J connectivity index is 0.000000191. The van der Waals surface area contributed by atoms with Crippen LogP contribution in [0, 0.1) is 13.8 Å². The van der Waals surface area contributed by atoms with Gasteiger partial charge in [0.05, 0.1) is 37.1 Å². The zero-order valence-electron chi connectivity index (χ0n) is 21.1. The van der Waals surface area contributed by atoms with Gasteiger partial charge in [-0.05, 0) is 48.9 Å². The molecule has 7 nitrogen and oxygen atoms in total. The van der Waals surface area contributed by atoms with Crippen LogP contribution < -0.4 is 4.74 Å². The molecular formula is C27H35N5O2. The molecule has 0 saturated heterocycles. The molecule has 0 aliphatic rings. The second-order valence-corrected chi connectivity index (χ2v) is 8.99. The van der Waals surface area contributed by atoms with Crippen LogP contribution in [0.1, 0.15) is 67.6 Å². The van der Waals surface area contributed by atoms with Gasteiger partial charge in [0.25, 0.3) is 0 Å². The maximum atomic E-state index is 9.46. The van der Waals surface area contributed by atoms with Gasteiger partial charge in [0.1, 0.15) is 6.33 Å². The highest BCUT2D eigenvalue weighted by molar-refractivity contribution is 5.45. The number of hydrogen-bond acceptors (Lipinski definition) is 5. The Bertz CT molecular complexity index is 1130. The highest BCUT2D eigenvalue weighted by atomic mass is 16.5. The van der Waals surface area contributed by atoms with E-state index in [2.05, 4.69) is 54.8 Å². The van der Waals surface area contributed by atoms with Crippen molar-refractivity contribution < 1.29 is 9.84 Å². The molecule has 0 bridgehead atoms. The lowest BCUT2D eigenvalue weighted by atomic mass is 10.00. The minimum absolute atomic E-state index is 0.0487. The molecule has 4 rings (SSSR count). The van der Waals surface area contributed by atoms with Gasteiger partial charge < -0.3 is 14.4 Å². The van der Waals surface area contributed by atoms with Crippen molar-refractivity contribution >= 4 is 0 Å². The predicted molar refractivity (Wildman–Crippen MR) is 135 cm³/mol. The molecule has 0 spiro atoms. The molecule has 0 unspecified atom stereocenters. The summed E-state index contributed by atoms with van der Waals surface area (Å²) in [6.07, 6.45) is 9.30. The first-order chi connectivity index (χ1) is 16.2. The number of aromatic nitrogens is 5. The number of imidazole rings is 2. The van der Waals surface area contributed by atoms with Crippen LogP contribution in [-0.4, -0.2) is 36.3 Å². The van der Waals surface area contributed by atoms with E-state index in [1.165, 1.54) is 11.1 Å². The number of nitrogens with zero attached hydrogens (tertiary/aromatic N) is 5. The number of pyridine rings is 1. The van der Waals surface area contributed by atoms with Gasteiger partial charge >= 0.3 is 0 Å². The molecule has 7 heteroatoms. The number of benzene rings is 1. The maximum Gasteiger partial charge on any atom is 0.180 e. The van der Waals surface area contributed by atoms with Crippen molar-refractivity contribution in [1.82, 2.24) is 24.1 Å². The molecular weight excluding hydrogens is 426 g/mol. The Morgan fingerprint density at radius 2 is 1.47 bits per heavy atom. The van der Waals surface area contributed by atoms with E-state index in [1.54, 1.807) is 19.8 Å². The average molecular weight is 462 g/mol. The average Bonchev–Trinajstić information content (AvgIpc) is 3.46. The van der Waals surface area contributed by atoms with Crippen molar-refractivity contribution in [1.29, 1.82) is 0 Å². The summed E-state index contributed by atoms with van der Waals surface area (Å²) in [6, 6.07) is 8.24. The van der Waals surface area contributed by atoms with Crippen LogP contribution in [0.25, 0.3) is 11.5 Å². The van der Waals surface area contributed by atoms with Gasteiger partial charge in [-0.25, -0.2) is 15.0 Å². The number of hydrogen-bond donors (Lipinski definition) is 1. The van der Waals surface area contributed by atoms with Gasteiger partial charge in [0.15, 0.2) is 11.6 Å². The summed E-state index contributed by atoms with van der Waals surface area (Å²) in [7, 11) is 1.66. The summed E-state index contributed by atoms with van der Waals surface area (Å²) in [6.45, 7) is 12.5. The lowest BCUT2D eigenvalue weighted by molar-refractivity contribution is 0.281. The SMILES string of the molecule is COc1cc(C(C)C)cnc1-n1cnc(C)c1.Cc1cn(-c2ccc(C(C)C)cc2CO)cn1. The molecule has 34 heavy (non-hydrogen) atoms. The van der Waals surface area contributed by atoms with E-state index in [1.807, 2.05) is 53.7 Å². The Morgan fingerprint density at radius 3 is 1.97 bits per heavy atom. The van der Waals surface area contributed by atoms with Crippen LogP contribution in [0.3, 0.4) is 0 Å². The second kappa shape index (κ2) is 11.1. The fraction of sp³-hybridized carbons (Fsp3) is 0.370. The van der Waals surface area contributed by atoms with E-state index >= 15 is 0 Å². The number of ether oxygens (including phenoxy) is 1. The van der Waals surface area contributed by atoms with Crippen LogP contribution in [0.2, 0.25) is 0 Å². The minimum Gasteiger partial charge on any atom is -0.493 e. The van der Waals surface area contributed by atoms with Crippen molar-refractivity contribution in [2.24, 2.45) is 0 Å². The number of aliphatic hydroxyl groups is 1. The standard InChI is InChI=1S/C14H18N2O.C13H17N3O/c1-10(2)12-4-5-14(13(6-12)8-17)16-7-11(3)15-9-16;1-9(2)11-5-12(17-4)13(14-6-11)16-7-10(3)15-8-16/h4-7,9-10,17H,8H2,1-3H3;5-9H,1-4H3. The zero-order chi connectivity index (χ0) is 24.8. The molecule has 0 aliphatic heterocycles. The molecule has 0 fully saturated rings. The van der Waals surface area contributed by atoms with Gasteiger partial charge in [-0.2, -0.15) is 0 Å². The number of rotatable bonds is 6. The zero-order valence-corrected chi connectivity index (χ0v) is 21.1. The first-order valence-corrected chi connectivity index (χ1v) is 11.5. The molecule has 3 heterocycles. The van der Waals surface area contributed by atoms with Crippen LogP contribution in [-0.2, 0) is 6.61 Å². The Kier molecular flexibility index (Phi) is 8.23. The Morgan fingerprint density at radius 1 is 0.853 bits per heavy atom. The number of aryl methyl sites for hydroxylation is 2. The second-order valence-electron chi connectivity index (χ2n) is 8.99. The maximum absolute atomic E-state index is 9.46. The highest BCUT2D eigenvalue weighted by Gasteiger charge is 2.10. The van der Waals surface area contributed by atoms with Crippen LogP contribution in [0.5, 0.6) is 5.75 Å². The van der Waals surface area contributed by atoms with Crippen LogP contribution in [0.15, 0.2) is 55.5 Å². The molecule has 180 valence electrons. The molecule has 0 atom stereocenters. The van der Waals surface area contributed by atoms with E-state index in [0.29, 0.717) is 11.8 Å². The monoisotopic (exact) mass is 461 g/mol. The smallest absolute Gasteiger partial charge is 0.180 e. The molecule has 0 aliphatic carbocycles. The summed E-state index contributed by atoms with van der Waals surface area (Å²) in [5.41, 5.74) is 6.28. The molecule has 0 radical (unpaired) electrons. The first-order valence-electron chi connectivity index (χ1n) is 11.5. The molecule has 3 aromatic heterocycles. The fourth-order valence-electron chi connectivity index (χ4n) is 3.55. The molecule has 0 saturated carbocycles. The van der Waals surface area contributed by atoms with Crippen molar-refractivity contribution in [3.63, 3.8) is 0 Å². The Hall–Kier alpha value is -3.45. The van der Waals surface area contributed by atoms with E-state index in [0.717, 1.165) is 34.2 Å². The van der Waals surface area contributed by atoms with E-state index < -0.39 is 0 Å². The minimum atomic E-state index is 0.0487. The highest BCUT2D eigenvalue weighted by Crippen LogP contribution is 2.25. The van der Waals surface area contributed by atoms with Crippen LogP contribution >= 0.6 is 0 Å². The lowest BCUT2D eigenvalue weighted by Gasteiger charge is -2.12. The molecule has 0 amide bonds. The third kappa shape index (κ3) is 5.91. The van der Waals surface area contributed by atoms with Crippen molar-refractivity contribution in [2.45, 2.75) is 60.0 Å². The topological polar surface area (TPSA) is 78.0 Å². The third-order valence-corrected chi connectivity index (χ3v) is 5.63. The summed E-state index contributed by atoms with van der Waals surface area (Å²) < 4.78 is 9.21. The molecule has 4 aromatic rings. The molecule has 1 N–H and O–H groups in total. The quantitative estimate of drug-likeness (QED) is 0.410. The summed E-state index contributed by atoms with van der Waals surface area (Å²) in [4.78, 5) is 12.9. The van der Waals surface area contributed by atoms with Crippen LogP contribution in [0.4, 0.5) is 0 Å². The lowest BCUT2D eigenvalue weighted by Crippen LogP contribution is -2.01. The van der Waals surface area contributed by atoms with Gasteiger partial charge in [0, 0.05) is 24.2 Å². The van der Waals surface area contributed by atoms with Gasteiger partial charge in [-0.3, -0.25) is 4.57 Å². The Labute approximate surface area is 202 Å². The molecule has 1 aromatic carbocycles. The van der Waals surface area contributed by atoms with Gasteiger partial charge in [0.2, 0.25) is 0 Å². The van der Waals surface area contributed by atoms with Crippen molar-refractivity contribution in [3.8, 4) is 17.3 Å². The third-order valence-electron chi connectivity index (χ3n) is 5.63. The number of methoxy groups -OCH3 is 1. The normalized spacial score (nSPS) is 11.0. The predicted octanol–water partition coefficient (Wildman–Crippen LogP) is 5.50. The van der Waals surface area contributed by atoms with E-state index in [9.17, 15) is 5.11 Å². The van der Waals surface area contributed by atoms with E-state index in [-0.39, 0.29) is 6.61 Å². The first kappa shape index (κ1) is 25.2. The largest absolute Gasteiger partial charge is 0.493 e. The summed E-state index contributed by atoms with van der Waals surface area (Å²) >= 11 is 0. The summed E-state index contributed by atoms with van der Waals surface area (Å²) in [5, 5.41) is 9.46. The van der Waals surface area contributed by atoms with Crippen molar-refractivity contribution in [3.05, 3.63) is 83.6 Å². The summed E-state index contributed by atoms with van der Waals surface area (Å²) in [5.74, 6) is 2.46. The number of aliphatic hydroxyl groups excluding tert-OH is 1. The van der Waals surface area contributed by atoms with Crippen molar-refractivity contribution in [2.75, 3.05) is 7.11 Å². The van der Waals surface area contributed by atoms with E-state index in [4.69, 9.17) is 4.74 Å².